The summed E-state index contributed by atoms with van der Waals surface area (Å²) in [7, 11) is 0. The maximum atomic E-state index is 12.4. The molecule has 31 nitrogen and oxygen atoms in total. The highest BCUT2D eigenvalue weighted by atomic mass is 32.1. The predicted molar refractivity (Wildman–Crippen MR) is 417 cm³/mol. The Hall–Kier alpha value is -16.6. The van der Waals surface area contributed by atoms with Crippen molar-refractivity contribution in [2.45, 2.75) is 20.8 Å². The molecule has 20 aromatic rings. The lowest BCUT2D eigenvalue weighted by Gasteiger charge is -2.11. The summed E-state index contributed by atoms with van der Waals surface area (Å²) in [5.41, 5.74) is 17.6. The number of aromatic nitrogens is 21. The van der Waals surface area contributed by atoms with Gasteiger partial charge in [0, 0.05) is 101 Å². The minimum Gasteiger partial charge on any atom is -0.443 e. The molecule has 0 radical (unpaired) electrons. The second-order valence-electron chi connectivity index (χ2n) is 24.9. The van der Waals surface area contributed by atoms with E-state index in [1.165, 1.54) is 47.9 Å². The van der Waals surface area contributed by atoms with Crippen LogP contribution in [0.15, 0.2) is 230 Å². The van der Waals surface area contributed by atoms with Crippen LogP contribution in [0.5, 0.6) is 0 Å². The molecule has 16 aromatic heterocycles. The van der Waals surface area contributed by atoms with Crippen LogP contribution in [0.3, 0.4) is 0 Å². The maximum Gasteiger partial charge on any atom is 0.227 e. The lowest BCUT2D eigenvalue weighted by Crippen LogP contribution is -2.07. The Labute approximate surface area is 625 Å². The van der Waals surface area contributed by atoms with Crippen LogP contribution in [-0.2, 0) is 0 Å². The summed E-state index contributed by atoms with van der Waals surface area (Å²) in [4.78, 5) is 106. The lowest BCUT2D eigenvalue weighted by atomic mass is 10.0. The van der Waals surface area contributed by atoms with Crippen LogP contribution in [-0.4, -0.2) is 104 Å². The third kappa shape index (κ3) is 12.7. The van der Waals surface area contributed by atoms with E-state index in [0.29, 0.717) is 130 Å². The van der Waals surface area contributed by atoms with Crippen LogP contribution >= 0.6 is 11.3 Å². The number of aryl methyl sites for hydroxylation is 3. The molecule has 0 atom stereocenters. The van der Waals surface area contributed by atoms with Gasteiger partial charge in [0.15, 0.2) is 68.9 Å². The molecule has 0 amide bonds. The van der Waals surface area contributed by atoms with E-state index in [1.807, 2.05) is 84.9 Å². The Morgan fingerprint density at radius 2 is 0.811 bits per heavy atom. The fraction of sp³-hybridized carbons (Fsp3) is 0.0380. The highest BCUT2D eigenvalue weighted by molar-refractivity contribution is 7.16. The van der Waals surface area contributed by atoms with Gasteiger partial charge in [-0.1, -0.05) is 24.3 Å². The van der Waals surface area contributed by atoms with Crippen LogP contribution in [0.2, 0.25) is 0 Å². The summed E-state index contributed by atoms with van der Waals surface area (Å²) < 4.78 is 18.1. The van der Waals surface area contributed by atoms with E-state index in [2.05, 4.69) is 105 Å². The molecule has 0 aliphatic rings. The molecule has 0 saturated heterocycles. The SMILES string of the molecule is [C-]#[N+]c1cn(-c2nc3[nH]ccc(=O)c3cc2-c2ccc3[nH]ncc3c2)nc1C.[C-]#[N+]c1cn(-c2nc3[nH]ccc(=O)c3cc2-c2ccc3ncoc3c2)nc1C.[C-]#[N+]c1cn(-c2nc3[nH]ccc(=O)c3cc2-c2ccc3ncsc3c2)nc1C.[C-]#[N+]c1cnn(-c2nc3[nH]ccc(=O)c3cc2-c2ccc3ncoc3c2)c1. The molecule has 4 aromatic carbocycles. The molecule has 5 N–H and O–H groups in total. The van der Waals surface area contributed by atoms with Crippen molar-refractivity contribution in [1.82, 2.24) is 104 Å². The highest BCUT2D eigenvalue weighted by Crippen LogP contribution is 2.37. The molecular weight excluding hydrogens is 1430 g/mol. The first kappa shape index (κ1) is 67.6. The van der Waals surface area contributed by atoms with Crippen molar-refractivity contribution in [1.29, 1.82) is 0 Å². The van der Waals surface area contributed by atoms with E-state index in [0.717, 1.165) is 65.5 Å². The largest absolute Gasteiger partial charge is 0.443 e. The van der Waals surface area contributed by atoms with E-state index in [1.54, 1.807) is 120 Å². The Balaban J connectivity index is 0.000000108. The van der Waals surface area contributed by atoms with Gasteiger partial charge < -0.3 is 28.8 Å². The maximum absolute atomic E-state index is 12.4. The third-order valence-corrected chi connectivity index (χ3v) is 18.9. The van der Waals surface area contributed by atoms with Gasteiger partial charge >= 0.3 is 0 Å². The molecule has 0 fully saturated rings. The summed E-state index contributed by atoms with van der Waals surface area (Å²) in [5, 5.41) is 27.4. The first-order valence-corrected chi connectivity index (χ1v) is 34.3. The second kappa shape index (κ2) is 27.8. The third-order valence-electron chi connectivity index (χ3n) is 18.1. The quantitative estimate of drug-likeness (QED) is 0.0882. The number of hydrogen-bond acceptors (Lipinski definition) is 19. The van der Waals surface area contributed by atoms with Crippen LogP contribution in [0.4, 0.5) is 22.7 Å². The molecule has 530 valence electrons. The van der Waals surface area contributed by atoms with Gasteiger partial charge in [0.1, 0.15) is 33.6 Å². The number of aromatic amines is 5. The molecule has 20 rings (SSSR count). The Morgan fingerprint density at radius 3 is 1.22 bits per heavy atom. The van der Waals surface area contributed by atoms with Crippen molar-refractivity contribution in [3.05, 3.63) is 305 Å². The van der Waals surface area contributed by atoms with Crippen molar-refractivity contribution in [2.24, 2.45) is 0 Å². The van der Waals surface area contributed by atoms with Crippen LogP contribution in [0.1, 0.15) is 17.1 Å². The zero-order valence-corrected chi connectivity index (χ0v) is 58.7. The number of benzene rings is 4. The fourth-order valence-corrected chi connectivity index (χ4v) is 13.3. The smallest absolute Gasteiger partial charge is 0.227 e. The van der Waals surface area contributed by atoms with Crippen molar-refractivity contribution in [2.75, 3.05) is 0 Å². The normalized spacial score (nSPS) is 11.1. The second-order valence-corrected chi connectivity index (χ2v) is 25.8. The molecule has 16 heterocycles. The van der Waals surface area contributed by atoms with Gasteiger partial charge in [-0.15, -0.1) is 11.3 Å². The zero-order valence-electron chi connectivity index (χ0n) is 57.9. The molecule has 0 aliphatic heterocycles. The van der Waals surface area contributed by atoms with Crippen LogP contribution < -0.4 is 21.7 Å². The van der Waals surface area contributed by atoms with E-state index in [-0.39, 0.29) is 21.7 Å². The number of H-pyrrole nitrogens is 5. The first-order valence-electron chi connectivity index (χ1n) is 33.4. The number of rotatable bonds is 8. The van der Waals surface area contributed by atoms with Gasteiger partial charge in [-0.25, -0.2) is 73.0 Å². The number of fused-ring (bicyclic) bond motifs is 8. The minimum absolute atomic E-state index is 0.105. The number of nitrogens with one attached hydrogen (secondary N) is 5. The highest BCUT2D eigenvalue weighted by Gasteiger charge is 2.22. The summed E-state index contributed by atoms with van der Waals surface area (Å²) in [6.07, 6.45) is 18.8. The molecule has 0 saturated carbocycles. The summed E-state index contributed by atoms with van der Waals surface area (Å²) >= 11 is 1.55. The molecule has 32 heteroatoms. The van der Waals surface area contributed by atoms with Gasteiger partial charge in [0.05, 0.1) is 98.6 Å². The molecule has 0 aliphatic carbocycles. The first-order chi connectivity index (χ1) is 54.1. The van der Waals surface area contributed by atoms with Gasteiger partial charge in [-0.3, -0.25) is 24.3 Å². The summed E-state index contributed by atoms with van der Waals surface area (Å²) in [6.45, 7) is 34.4. The standard InChI is InChI=1S/C20H13N7O.C20H12N6O2.C20H12N6OS.C19H10N6O2/c1-11-17(21-2)10-27(26-11)20-14(8-15-18(28)5-6-22-19(15)24-20)12-3-4-16-13(7-12)9-23-25-16;2*1-11-16(21-2)9-26(25-11)20-13(8-14-17(27)5-6-22-19(14)24-20)12-3-4-15-18(7-12)28-10-23-15;1-20-12-8-23-25(9-12)19-13(7-14-16(26)4-5-21-18(14)24-19)11-2-3-15-17(6-11)27-10-22-15/h3-10H,1H3,(H,23,25)(H,22,24,28);2*3-10H,1H3,(H,22,24,27);2-10H,(H,21,24,26). The minimum atomic E-state index is -0.132. The zero-order chi connectivity index (χ0) is 76.1. The Morgan fingerprint density at radius 1 is 0.414 bits per heavy atom. The summed E-state index contributed by atoms with van der Waals surface area (Å²) in [5.74, 6) is 2.09. The van der Waals surface area contributed by atoms with Gasteiger partial charge in [0.25, 0.3) is 0 Å². The molecule has 0 unspecified atom stereocenters. The van der Waals surface area contributed by atoms with Crippen molar-refractivity contribution in [3.63, 3.8) is 0 Å². The summed E-state index contributed by atoms with van der Waals surface area (Å²) in [6, 6.07) is 36.0. The van der Waals surface area contributed by atoms with Crippen molar-refractivity contribution < 1.29 is 8.83 Å². The van der Waals surface area contributed by atoms with Gasteiger partial charge in [-0.2, -0.15) is 25.5 Å². The molecule has 0 bridgehead atoms. The number of pyridine rings is 8. The number of hydrogen-bond donors (Lipinski definition) is 5. The van der Waals surface area contributed by atoms with E-state index in [4.69, 9.17) is 35.1 Å². The Bertz CT molecular complexity index is 7080. The fourth-order valence-electron chi connectivity index (χ4n) is 12.6. The van der Waals surface area contributed by atoms with Gasteiger partial charge in [0.2, 0.25) is 22.7 Å². The molecular formula is C79H47N25O6S. The van der Waals surface area contributed by atoms with Crippen LogP contribution in [0, 0.1) is 47.1 Å². The number of thiazole rings is 1. The monoisotopic (exact) mass is 1470 g/mol. The van der Waals surface area contributed by atoms with Crippen molar-refractivity contribution >= 4 is 122 Å². The molecule has 111 heavy (non-hydrogen) atoms. The van der Waals surface area contributed by atoms with E-state index < -0.39 is 0 Å². The van der Waals surface area contributed by atoms with E-state index >= 15 is 0 Å². The number of nitrogens with zero attached hydrogens (tertiary/aromatic N) is 20. The lowest BCUT2D eigenvalue weighted by molar-refractivity contribution is 0.602. The van der Waals surface area contributed by atoms with E-state index in [9.17, 15) is 19.2 Å². The van der Waals surface area contributed by atoms with Crippen LogP contribution in [0.25, 0.3) is 175 Å². The average molecular weight is 1470 g/mol. The van der Waals surface area contributed by atoms with Gasteiger partial charge in [-0.05, 0) is 116 Å². The predicted octanol–water partition coefficient (Wildman–Crippen LogP) is 15.0. The molecule has 0 spiro atoms. The average Bonchev–Trinajstić information content (AvgIpc) is 1.76. The Kier molecular flexibility index (Phi) is 16.9. The van der Waals surface area contributed by atoms with Crippen molar-refractivity contribution in [3.8, 4) is 67.8 Å². The number of oxazole rings is 2. The topological polar surface area (TPSA) is 365 Å².